The second-order valence-electron chi connectivity index (χ2n) is 6.10. The van der Waals surface area contributed by atoms with E-state index >= 15 is 0 Å². The predicted molar refractivity (Wildman–Crippen MR) is 127 cm³/mol. The number of aliphatic hydroxyl groups excluding tert-OH is 1. The number of aliphatic hydroxyl groups is 1. The molecule has 0 saturated carbocycles. The maximum absolute atomic E-state index is 9.92. The number of nitrogens with one attached hydrogen (secondary N) is 2. The van der Waals surface area contributed by atoms with E-state index in [0.29, 0.717) is 22.1 Å². The minimum atomic E-state index is -0.386. The van der Waals surface area contributed by atoms with E-state index in [1.807, 2.05) is 31.3 Å². The molecule has 166 valence electrons. The third-order valence-corrected chi connectivity index (χ3v) is 4.53. The van der Waals surface area contributed by atoms with Crippen molar-refractivity contribution in [3.8, 4) is 5.75 Å². The smallest absolute Gasteiger partial charge is 0.211 e. The van der Waals surface area contributed by atoms with Crippen LogP contribution < -0.4 is 21.3 Å². The van der Waals surface area contributed by atoms with Crippen molar-refractivity contribution in [2.75, 3.05) is 23.4 Å². The number of halogens is 2. The zero-order valence-electron chi connectivity index (χ0n) is 17.0. The first-order chi connectivity index (χ1) is 14.8. The number of hydrogen-bond donors (Lipinski definition) is 5. The Labute approximate surface area is 191 Å². The van der Waals surface area contributed by atoms with Gasteiger partial charge in [0.25, 0.3) is 0 Å². The monoisotopic (exact) mass is 465 g/mol. The van der Waals surface area contributed by atoms with Crippen molar-refractivity contribution in [1.82, 2.24) is 0 Å². The van der Waals surface area contributed by atoms with Crippen LogP contribution in [0.2, 0.25) is 10.0 Å². The van der Waals surface area contributed by atoms with Crippen LogP contribution in [-0.2, 0) is 4.79 Å². The summed E-state index contributed by atoms with van der Waals surface area (Å²) in [5.41, 5.74) is 8.82. The van der Waals surface area contributed by atoms with Gasteiger partial charge in [0.05, 0.1) is 16.1 Å². The summed E-state index contributed by atoms with van der Waals surface area (Å²) in [6.45, 7) is 1.76. The summed E-state index contributed by atoms with van der Waals surface area (Å²) in [7, 11) is 1.86. The van der Waals surface area contributed by atoms with Gasteiger partial charge in [0.15, 0.2) is 5.75 Å². The van der Waals surface area contributed by atoms with Crippen LogP contribution in [0.4, 0.5) is 17.1 Å². The lowest BCUT2D eigenvalue weighted by Crippen LogP contribution is -1.93. The molecule has 0 spiro atoms. The molecule has 0 saturated heterocycles. The molecule has 7 nitrogen and oxygen atoms in total. The molecule has 0 aliphatic heterocycles. The van der Waals surface area contributed by atoms with Gasteiger partial charge in [-0.05, 0) is 61.0 Å². The lowest BCUT2D eigenvalue weighted by molar-refractivity contribution is -0.137. The second-order valence-corrected chi connectivity index (χ2v) is 6.92. The molecule has 3 rings (SSSR count). The number of carbonyl (C=O) groups is 1. The molecule has 3 aromatic carbocycles. The zero-order chi connectivity index (χ0) is 23.2. The molecule has 6 N–H and O–H groups in total. The number of nitrogens with two attached hydrogens (primary N) is 1. The third-order valence-electron chi connectivity index (χ3n) is 3.79. The quantitative estimate of drug-likeness (QED) is 0.148. The largest absolute Gasteiger partial charge is 0.399 e. The molecule has 0 aliphatic rings. The SMILES string of the molecule is CNc1cccc(C(C)O)c1.Nc1ccc(NC=O)cc1.OOc1ccc(Cl)c(Cl)c1. The van der Waals surface area contributed by atoms with Crippen molar-refractivity contribution in [1.29, 1.82) is 0 Å². The van der Waals surface area contributed by atoms with E-state index < -0.39 is 0 Å². The summed E-state index contributed by atoms with van der Waals surface area (Å²) in [5.74, 6) is 0.273. The van der Waals surface area contributed by atoms with E-state index in [-0.39, 0.29) is 11.9 Å². The van der Waals surface area contributed by atoms with Gasteiger partial charge in [0.1, 0.15) is 0 Å². The number of amides is 1. The van der Waals surface area contributed by atoms with Crippen LogP contribution in [0, 0.1) is 0 Å². The van der Waals surface area contributed by atoms with Crippen molar-refractivity contribution < 1.29 is 20.0 Å². The number of anilines is 3. The molecular weight excluding hydrogens is 441 g/mol. The Morgan fingerprint density at radius 1 is 1.00 bits per heavy atom. The molecule has 1 unspecified atom stereocenters. The first kappa shape index (κ1) is 26.1. The Balaban J connectivity index is 0.000000233. The van der Waals surface area contributed by atoms with Gasteiger partial charge >= 0.3 is 0 Å². The van der Waals surface area contributed by atoms with E-state index in [4.69, 9.17) is 34.2 Å². The first-order valence-corrected chi connectivity index (χ1v) is 9.84. The second kappa shape index (κ2) is 14.1. The molecule has 1 atom stereocenters. The maximum atomic E-state index is 9.92. The fourth-order valence-electron chi connectivity index (χ4n) is 2.14. The summed E-state index contributed by atoms with van der Waals surface area (Å²) >= 11 is 11.1. The first-order valence-electron chi connectivity index (χ1n) is 9.08. The Kier molecular flexibility index (Phi) is 11.9. The van der Waals surface area contributed by atoms with Crippen LogP contribution in [0.25, 0.3) is 0 Å². The molecular formula is C22H25Cl2N3O4. The Hall–Kier alpha value is -2.97. The topological polar surface area (TPSA) is 117 Å². The van der Waals surface area contributed by atoms with Crippen LogP contribution in [-0.4, -0.2) is 23.8 Å². The highest BCUT2D eigenvalue weighted by molar-refractivity contribution is 6.42. The van der Waals surface area contributed by atoms with E-state index in [1.54, 1.807) is 31.2 Å². The summed E-state index contributed by atoms with van der Waals surface area (Å²) in [5, 5.41) is 23.7. The zero-order valence-corrected chi connectivity index (χ0v) is 18.6. The highest BCUT2D eigenvalue weighted by atomic mass is 35.5. The highest BCUT2D eigenvalue weighted by Crippen LogP contribution is 2.25. The van der Waals surface area contributed by atoms with E-state index in [0.717, 1.165) is 16.9 Å². The van der Waals surface area contributed by atoms with E-state index in [9.17, 15) is 9.90 Å². The summed E-state index contributed by atoms with van der Waals surface area (Å²) < 4.78 is 0. The minimum absolute atomic E-state index is 0.273. The van der Waals surface area contributed by atoms with Crippen molar-refractivity contribution in [3.05, 3.63) is 82.3 Å². The van der Waals surface area contributed by atoms with Gasteiger partial charge in [0.2, 0.25) is 6.41 Å². The van der Waals surface area contributed by atoms with E-state index in [1.165, 1.54) is 18.2 Å². The minimum Gasteiger partial charge on any atom is -0.399 e. The lowest BCUT2D eigenvalue weighted by atomic mass is 10.1. The number of carbonyl (C=O) groups excluding carboxylic acids is 1. The van der Waals surface area contributed by atoms with Crippen LogP contribution in [0.5, 0.6) is 5.75 Å². The molecule has 0 aromatic heterocycles. The van der Waals surface area contributed by atoms with Gasteiger partial charge in [-0.25, -0.2) is 5.26 Å². The lowest BCUT2D eigenvalue weighted by Gasteiger charge is -2.06. The van der Waals surface area contributed by atoms with Gasteiger partial charge in [-0.1, -0.05) is 35.3 Å². The van der Waals surface area contributed by atoms with Gasteiger partial charge < -0.3 is 26.4 Å². The summed E-state index contributed by atoms with van der Waals surface area (Å²) in [6.07, 6.45) is 0.245. The molecule has 0 aliphatic carbocycles. The number of nitrogen functional groups attached to an aromatic ring is 1. The molecule has 3 aromatic rings. The summed E-state index contributed by atoms with van der Waals surface area (Å²) in [4.78, 5) is 13.8. The van der Waals surface area contributed by atoms with Gasteiger partial charge in [-0.2, -0.15) is 0 Å². The molecule has 1 amide bonds. The van der Waals surface area contributed by atoms with Crippen LogP contribution in [0.15, 0.2) is 66.7 Å². The molecule has 0 heterocycles. The van der Waals surface area contributed by atoms with Crippen LogP contribution in [0.3, 0.4) is 0 Å². The van der Waals surface area contributed by atoms with Crippen LogP contribution in [0.1, 0.15) is 18.6 Å². The number of benzene rings is 3. The van der Waals surface area contributed by atoms with Crippen LogP contribution >= 0.6 is 23.2 Å². The molecule has 9 heteroatoms. The Bertz CT molecular complexity index is 938. The normalized spacial score (nSPS) is 10.4. The fraction of sp³-hybridized carbons (Fsp3) is 0.136. The third kappa shape index (κ3) is 10.1. The maximum Gasteiger partial charge on any atom is 0.211 e. The standard InChI is InChI=1S/C9H13NO.C7H8N2O.C6H4Cl2O2/c1-7(11)8-4-3-5-9(6-8)10-2;8-6-1-3-7(4-2-6)9-5-10;7-5-2-1-4(10-9)3-6(5)8/h3-7,10-11H,1-2H3;1-5H,8H2,(H,9,10);1-3,9H. The average molecular weight is 466 g/mol. The van der Waals surface area contributed by atoms with Gasteiger partial charge in [0, 0.05) is 30.2 Å². The fourth-order valence-corrected chi connectivity index (χ4v) is 2.42. The molecule has 31 heavy (non-hydrogen) atoms. The summed E-state index contributed by atoms with van der Waals surface area (Å²) in [6, 6.07) is 19.1. The number of rotatable bonds is 5. The number of hydrogen-bond acceptors (Lipinski definition) is 6. The van der Waals surface area contributed by atoms with Crippen molar-refractivity contribution in [2.45, 2.75) is 13.0 Å². The molecule has 0 radical (unpaired) electrons. The van der Waals surface area contributed by atoms with Crippen molar-refractivity contribution >= 4 is 46.7 Å². The van der Waals surface area contributed by atoms with Gasteiger partial charge in [-0.3, -0.25) is 4.79 Å². The van der Waals surface area contributed by atoms with Crippen molar-refractivity contribution in [2.24, 2.45) is 0 Å². The van der Waals surface area contributed by atoms with Crippen molar-refractivity contribution in [3.63, 3.8) is 0 Å². The highest BCUT2D eigenvalue weighted by Gasteiger charge is 1.99. The molecule has 0 fully saturated rings. The average Bonchev–Trinajstić information content (AvgIpc) is 2.78. The Morgan fingerprint density at radius 2 is 1.68 bits per heavy atom. The van der Waals surface area contributed by atoms with E-state index in [2.05, 4.69) is 15.5 Å². The van der Waals surface area contributed by atoms with Gasteiger partial charge in [-0.15, -0.1) is 0 Å². The Morgan fingerprint density at radius 3 is 2.19 bits per heavy atom. The molecule has 0 bridgehead atoms. The predicted octanol–water partition coefficient (Wildman–Crippen LogP) is 5.46.